The van der Waals surface area contributed by atoms with Crippen LogP contribution in [0.25, 0.3) is 0 Å². The molecular formula is C21H25N3O4S. The van der Waals surface area contributed by atoms with Crippen LogP contribution in [-0.4, -0.2) is 57.7 Å². The van der Waals surface area contributed by atoms with Crippen molar-refractivity contribution in [3.8, 4) is 0 Å². The molecule has 0 aliphatic carbocycles. The molecule has 7 nitrogen and oxygen atoms in total. The fourth-order valence-electron chi connectivity index (χ4n) is 3.19. The molecule has 0 bridgehead atoms. The first-order valence-corrected chi connectivity index (χ1v) is 10.9. The summed E-state index contributed by atoms with van der Waals surface area (Å²) in [6.45, 7) is 5.48. The van der Waals surface area contributed by atoms with Crippen LogP contribution in [0.1, 0.15) is 22.8 Å². The van der Waals surface area contributed by atoms with Gasteiger partial charge in [0.2, 0.25) is 15.9 Å². The van der Waals surface area contributed by atoms with E-state index in [2.05, 4.69) is 9.62 Å². The SMILES string of the molecule is CC(=O)c1ccc(N2CCN(C(=O)CNS(=O)(=O)c3ccc(C)cc3)CC2)cc1. The average Bonchev–Trinajstić information content (AvgIpc) is 2.72. The molecule has 2 aromatic carbocycles. The minimum absolute atomic E-state index is 0.0278. The number of nitrogens with zero attached hydrogens (tertiary/aromatic N) is 2. The van der Waals surface area contributed by atoms with Crippen LogP contribution in [0.3, 0.4) is 0 Å². The number of ketones is 1. The Morgan fingerprint density at radius 2 is 1.52 bits per heavy atom. The molecule has 1 aliphatic rings. The Balaban J connectivity index is 1.52. The molecule has 0 radical (unpaired) electrons. The first-order chi connectivity index (χ1) is 13.8. The highest BCUT2D eigenvalue weighted by atomic mass is 32.2. The van der Waals surface area contributed by atoms with Gasteiger partial charge in [0.15, 0.2) is 5.78 Å². The molecular weight excluding hydrogens is 390 g/mol. The van der Waals surface area contributed by atoms with Crippen LogP contribution in [0.15, 0.2) is 53.4 Å². The van der Waals surface area contributed by atoms with E-state index in [1.54, 1.807) is 29.2 Å². The highest BCUT2D eigenvalue weighted by Gasteiger charge is 2.23. The minimum Gasteiger partial charge on any atom is -0.368 e. The smallest absolute Gasteiger partial charge is 0.241 e. The van der Waals surface area contributed by atoms with Crippen molar-refractivity contribution in [2.75, 3.05) is 37.6 Å². The lowest BCUT2D eigenvalue weighted by atomic mass is 10.1. The van der Waals surface area contributed by atoms with Crippen molar-refractivity contribution in [1.29, 1.82) is 0 Å². The molecule has 2 aromatic rings. The van der Waals surface area contributed by atoms with Crippen LogP contribution in [0.5, 0.6) is 0 Å². The lowest BCUT2D eigenvalue weighted by molar-refractivity contribution is -0.130. The van der Waals surface area contributed by atoms with Gasteiger partial charge < -0.3 is 9.80 Å². The van der Waals surface area contributed by atoms with Gasteiger partial charge in [-0.3, -0.25) is 9.59 Å². The molecule has 3 rings (SSSR count). The third-order valence-electron chi connectivity index (χ3n) is 5.02. The summed E-state index contributed by atoms with van der Waals surface area (Å²) in [5, 5.41) is 0. The van der Waals surface area contributed by atoms with Gasteiger partial charge in [-0.25, -0.2) is 13.1 Å². The summed E-state index contributed by atoms with van der Waals surface area (Å²) < 4.78 is 27.0. The summed E-state index contributed by atoms with van der Waals surface area (Å²) in [6.07, 6.45) is 0. The standard InChI is InChI=1S/C21H25N3O4S/c1-16-3-9-20(10-4-16)29(27,28)22-15-21(26)24-13-11-23(12-14-24)19-7-5-18(6-8-19)17(2)25/h3-10,22H,11-15H2,1-2H3. The topological polar surface area (TPSA) is 86.8 Å². The Morgan fingerprint density at radius 1 is 0.931 bits per heavy atom. The summed E-state index contributed by atoms with van der Waals surface area (Å²) in [7, 11) is -3.71. The summed E-state index contributed by atoms with van der Waals surface area (Å²) in [6, 6.07) is 13.9. The Hall–Kier alpha value is -2.71. The van der Waals surface area contributed by atoms with E-state index in [0.29, 0.717) is 31.7 Å². The molecule has 1 N–H and O–H groups in total. The Labute approximate surface area is 171 Å². The molecule has 1 saturated heterocycles. The molecule has 0 unspecified atom stereocenters. The monoisotopic (exact) mass is 415 g/mol. The number of aryl methyl sites for hydroxylation is 1. The molecule has 1 aliphatic heterocycles. The van der Waals surface area contributed by atoms with Crippen molar-refractivity contribution in [1.82, 2.24) is 9.62 Å². The van der Waals surface area contributed by atoms with Gasteiger partial charge in [-0.05, 0) is 50.2 Å². The molecule has 154 valence electrons. The second-order valence-electron chi connectivity index (χ2n) is 7.11. The van der Waals surface area contributed by atoms with E-state index >= 15 is 0 Å². The fourth-order valence-corrected chi connectivity index (χ4v) is 4.16. The van der Waals surface area contributed by atoms with E-state index in [9.17, 15) is 18.0 Å². The maximum atomic E-state index is 12.4. The van der Waals surface area contributed by atoms with E-state index in [-0.39, 0.29) is 23.1 Å². The number of nitrogens with one attached hydrogen (secondary N) is 1. The highest BCUT2D eigenvalue weighted by molar-refractivity contribution is 7.89. The zero-order valence-corrected chi connectivity index (χ0v) is 17.4. The lowest BCUT2D eigenvalue weighted by Gasteiger charge is -2.36. The minimum atomic E-state index is -3.71. The Kier molecular flexibility index (Phi) is 6.34. The van der Waals surface area contributed by atoms with E-state index < -0.39 is 10.0 Å². The quantitative estimate of drug-likeness (QED) is 0.728. The predicted octanol–water partition coefficient (Wildman–Crippen LogP) is 1.82. The van der Waals surface area contributed by atoms with E-state index in [4.69, 9.17) is 0 Å². The Bertz CT molecular complexity index is 978. The number of hydrogen-bond acceptors (Lipinski definition) is 5. The van der Waals surface area contributed by atoms with E-state index in [0.717, 1.165) is 11.3 Å². The van der Waals surface area contributed by atoms with Crippen molar-refractivity contribution < 1.29 is 18.0 Å². The van der Waals surface area contributed by atoms with Crippen LogP contribution in [0.2, 0.25) is 0 Å². The highest BCUT2D eigenvalue weighted by Crippen LogP contribution is 2.18. The maximum absolute atomic E-state index is 12.4. The lowest BCUT2D eigenvalue weighted by Crippen LogP contribution is -2.51. The van der Waals surface area contributed by atoms with Crippen LogP contribution >= 0.6 is 0 Å². The zero-order valence-electron chi connectivity index (χ0n) is 16.6. The van der Waals surface area contributed by atoms with Gasteiger partial charge >= 0.3 is 0 Å². The number of anilines is 1. The molecule has 29 heavy (non-hydrogen) atoms. The fraction of sp³-hybridized carbons (Fsp3) is 0.333. The first kappa shape index (κ1) is 21.0. The van der Waals surface area contributed by atoms with Crippen molar-refractivity contribution in [3.63, 3.8) is 0 Å². The second kappa shape index (κ2) is 8.75. The van der Waals surface area contributed by atoms with Crippen molar-refractivity contribution in [3.05, 3.63) is 59.7 Å². The van der Waals surface area contributed by atoms with Gasteiger partial charge in [0.25, 0.3) is 0 Å². The zero-order chi connectivity index (χ0) is 21.0. The van der Waals surface area contributed by atoms with Gasteiger partial charge in [0.05, 0.1) is 11.4 Å². The third kappa shape index (κ3) is 5.21. The van der Waals surface area contributed by atoms with Crippen molar-refractivity contribution in [2.45, 2.75) is 18.7 Å². The molecule has 1 amide bonds. The van der Waals surface area contributed by atoms with Gasteiger partial charge in [-0.2, -0.15) is 0 Å². The van der Waals surface area contributed by atoms with Crippen molar-refractivity contribution in [2.24, 2.45) is 0 Å². The number of carbonyl (C=O) groups excluding carboxylic acids is 2. The largest absolute Gasteiger partial charge is 0.368 e. The van der Waals surface area contributed by atoms with Crippen LogP contribution in [0, 0.1) is 6.92 Å². The molecule has 8 heteroatoms. The number of rotatable bonds is 6. The van der Waals surface area contributed by atoms with Gasteiger partial charge in [-0.15, -0.1) is 0 Å². The first-order valence-electron chi connectivity index (χ1n) is 9.46. The van der Waals surface area contributed by atoms with Gasteiger partial charge in [0, 0.05) is 37.4 Å². The summed E-state index contributed by atoms with van der Waals surface area (Å²) in [5.74, 6) is -0.215. The molecule has 1 fully saturated rings. The van der Waals surface area contributed by atoms with Crippen LogP contribution in [-0.2, 0) is 14.8 Å². The number of carbonyl (C=O) groups is 2. The number of hydrogen-bond donors (Lipinski definition) is 1. The summed E-state index contributed by atoms with van der Waals surface area (Å²) in [5.41, 5.74) is 2.64. The van der Waals surface area contributed by atoms with Crippen molar-refractivity contribution >= 4 is 27.4 Å². The number of benzene rings is 2. The van der Waals surface area contributed by atoms with Crippen LogP contribution in [0.4, 0.5) is 5.69 Å². The Morgan fingerprint density at radius 3 is 2.07 bits per heavy atom. The number of piperazine rings is 1. The number of amides is 1. The molecule has 1 heterocycles. The summed E-state index contributed by atoms with van der Waals surface area (Å²) in [4.78, 5) is 27.8. The maximum Gasteiger partial charge on any atom is 0.241 e. The second-order valence-corrected chi connectivity index (χ2v) is 8.88. The summed E-state index contributed by atoms with van der Waals surface area (Å²) >= 11 is 0. The van der Waals surface area contributed by atoms with Gasteiger partial charge in [0.1, 0.15) is 0 Å². The molecule has 0 aromatic heterocycles. The van der Waals surface area contributed by atoms with Gasteiger partial charge in [-0.1, -0.05) is 17.7 Å². The molecule has 0 spiro atoms. The number of sulfonamides is 1. The van der Waals surface area contributed by atoms with Crippen LogP contribution < -0.4 is 9.62 Å². The third-order valence-corrected chi connectivity index (χ3v) is 6.43. The van der Waals surface area contributed by atoms with E-state index in [1.807, 2.05) is 19.1 Å². The molecule has 0 atom stereocenters. The predicted molar refractivity (Wildman–Crippen MR) is 112 cm³/mol. The number of Topliss-reactive ketones (excluding diaryl/α,β-unsaturated/α-hetero) is 1. The average molecular weight is 416 g/mol. The molecule has 0 saturated carbocycles. The van der Waals surface area contributed by atoms with E-state index in [1.165, 1.54) is 19.1 Å². The normalized spacial score (nSPS) is 14.7.